The molecule has 8 heteroatoms. The van der Waals surface area contributed by atoms with E-state index in [1.54, 1.807) is 18.2 Å². The van der Waals surface area contributed by atoms with E-state index in [-0.39, 0.29) is 48.3 Å². The van der Waals surface area contributed by atoms with E-state index in [1.807, 2.05) is 13.8 Å². The van der Waals surface area contributed by atoms with Crippen LogP contribution in [0, 0.1) is 0 Å². The number of halogens is 4. The van der Waals surface area contributed by atoms with E-state index in [4.69, 9.17) is 10.5 Å². The van der Waals surface area contributed by atoms with E-state index >= 15 is 0 Å². The van der Waals surface area contributed by atoms with Gasteiger partial charge in [-0.3, -0.25) is 0 Å². The Kier molecular flexibility index (Phi) is 8.45. The summed E-state index contributed by atoms with van der Waals surface area (Å²) in [6, 6.07) is 6.57. The van der Waals surface area contributed by atoms with Crippen molar-refractivity contribution in [3.05, 3.63) is 29.8 Å². The summed E-state index contributed by atoms with van der Waals surface area (Å²) in [5.41, 5.74) is 6.18. The molecule has 1 rings (SSSR count). The normalized spacial score (nSPS) is 12.0. The molecule has 0 saturated carbocycles. The first kappa shape index (κ1) is 19.8. The lowest BCUT2D eigenvalue weighted by atomic mass is 10.2. The zero-order valence-corrected chi connectivity index (χ0v) is 14.1. The summed E-state index contributed by atoms with van der Waals surface area (Å²) >= 11 is 0. The van der Waals surface area contributed by atoms with Gasteiger partial charge in [0, 0.05) is 11.6 Å². The molecule has 21 heavy (non-hydrogen) atoms. The van der Waals surface area contributed by atoms with Gasteiger partial charge in [0.25, 0.3) is 0 Å². The molecule has 0 atom stereocenters. The number of nitrogens with two attached hydrogens (primary N) is 1. The topological polar surface area (TPSA) is 59.6 Å². The fourth-order valence-electron chi connectivity index (χ4n) is 1.45. The minimum atomic E-state index is -4.37. The number of benzene rings is 1. The van der Waals surface area contributed by atoms with Crippen LogP contribution in [0.2, 0.25) is 0 Å². The molecule has 4 nitrogen and oxygen atoms in total. The largest absolute Gasteiger partial charge is 0.484 e. The molecule has 0 aromatic heterocycles. The first-order valence-electron chi connectivity index (χ1n) is 6.12. The van der Waals surface area contributed by atoms with Crippen LogP contribution < -0.4 is 15.8 Å². The molecule has 0 spiro atoms. The van der Waals surface area contributed by atoms with Gasteiger partial charge in [-0.15, -0.1) is 24.0 Å². The van der Waals surface area contributed by atoms with Gasteiger partial charge in [0.05, 0.1) is 6.54 Å². The Morgan fingerprint density at radius 1 is 1.33 bits per heavy atom. The van der Waals surface area contributed by atoms with Gasteiger partial charge in [-0.1, -0.05) is 18.2 Å². The molecule has 0 aliphatic rings. The summed E-state index contributed by atoms with van der Waals surface area (Å²) in [4.78, 5) is 4.06. The van der Waals surface area contributed by atoms with Gasteiger partial charge < -0.3 is 15.8 Å². The standard InChI is InChI=1S/C13H18F3N3O.HI/c1-9(2)19-12(17)18-7-10-5-3-4-6-11(10)20-8-13(14,15)16;/h3-6,9H,7-8H2,1-2H3,(H3,17,18,19);1H. The zero-order valence-electron chi connectivity index (χ0n) is 11.8. The lowest BCUT2D eigenvalue weighted by molar-refractivity contribution is -0.153. The quantitative estimate of drug-likeness (QED) is 0.440. The van der Waals surface area contributed by atoms with Crippen molar-refractivity contribution in [2.45, 2.75) is 32.6 Å². The summed E-state index contributed by atoms with van der Waals surface area (Å²) < 4.78 is 41.2. The number of ether oxygens (including phenoxy) is 1. The van der Waals surface area contributed by atoms with Crippen LogP contribution in [0.3, 0.4) is 0 Å². The van der Waals surface area contributed by atoms with E-state index in [1.165, 1.54) is 6.07 Å². The van der Waals surface area contributed by atoms with E-state index in [0.29, 0.717) is 5.56 Å². The molecule has 0 aliphatic carbocycles. The van der Waals surface area contributed by atoms with Gasteiger partial charge >= 0.3 is 6.18 Å². The zero-order chi connectivity index (χ0) is 15.2. The number of rotatable bonds is 5. The number of nitrogens with zero attached hydrogens (tertiary/aromatic N) is 1. The second-order valence-electron chi connectivity index (χ2n) is 4.51. The fourth-order valence-corrected chi connectivity index (χ4v) is 1.45. The Morgan fingerprint density at radius 2 is 1.95 bits per heavy atom. The summed E-state index contributed by atoms with van der Waals surface area (Å²) in [7, 11) is 0. The number of aliphatic imine (C=N–C) groups is 1. The van der Waals surface area contributed by atoms with Gasteiger partial charge in [0.15, 0.2) is 12.6 Å². The minimum absolute atomic E-state index is 0. The van der Waals surface area contributed by atoms with Gasteiger partial charge in [-0.2, -0.15) is 13.2 Å². The van der Waals surface area contributed by atoms with Crippen LogP contribution in [-0.2, 0) is 6.54 Å². The van der Waals surface area contributed by atoms with Crippen molar-refractivity contribution in [1.29, 1.82) is 0 Å². The Labute approximate surface area is 139 Å². The highest BCUT2D eigenvalue weighted by Crippen LogP contribution is 2.22. The molecule has 0 fully saturated rings. The summed E-state index contributed by atoms with van der Waals surface area (Å²) in [5.74, 6) is 0.400. The Hall–Kier alpha value is -1.19. The molecule has 0 amide bonds. The average Bonchev–Trinajstić information content (AvgIpc) is 2.33. The monoisotopic (exact) mass is 417 g/mol. The van der Waals surface area contributed by atoms with Crippen molar-refractivity contribution in [2.75, 3.05) is 6.61 Å². The second-order valence-corrected chi connectivity index (χ2v) is 4.51. The molecule has 120 valence electrons. The van der Waals surface area contributed by atoms with Crippen LogP contribution in [0.4, 0.5) is 13.2 Å². The SMILES string of the molecule is CC(C)NC(N)=NCc1ccccc1OCC(F)(F)F.I. The smallest absolute Gasteiger partial charge is 0.422 e. The number of alkyl halides is 3. The lowest BCUT2D eigenvalue weighted by Crippen LogP contribution is -2.36. The van der Waals surface area contributed by atoms with Crippen LogP contribution in [0.25, 0.3) is 0 Å². The number of nitrogens with one attached hydrogen (secondary N) is 1. The maximum Gasteiger partial charge on any atom is 0.422 e. The van der Waals surface area contributed by atoms with Gasteiger partial charge in [0.1, 0.15) is 5.75 Å². The van der Waals surface area contributed by atoms with Crippen LogP contribution in [-0.4, -0.2) is 24.8 Å². The predicted molar refractivity (Wildman–Crippen MR) is 87.0 cm³/mol. The Bertz CT molecular complexity index is 464. The summed E-state index contributed by atoms with van der Waals surface area (Å²) in [5, 5.41) is 2.90. The molecule has 0 aliphatic heterocycles. The molecular formula is C13H19F3IN3O. The summed E-state index contributed by atoms with van der Waals surface area (Å²) in [6.45, 7) is 2.64. The molecule has 0 saturated heterocycles. The van der Waals surface area contributed by atoms with Crippen molar-refractivity contribution < 1.29 is 17.9 Å². The number of hydrogen-bond acceptors (Lipinski definition) is 2. The predicted octanol–water partition coefficient (Wildman–Crippen LogP) is 3.06. The van der Waals surface area contributed by atoms with Crippen molar-refractivity contribution in [1.82, 2.24) is 5.32 Å². The third-order valence-electron chi connectivity index (χ3n) is 2.22. The van der Waals surface area contributed by atoms with E-state index < -0.39 is 12.8 Å². The molecule has 0 heterocycles. The maximum absolute atomic E-state index is 12.1. The van der Waals surface area contributed by atoms with Crippen molar-refractivity contribution in [3.8, 4) is 5.75 Å². The molecule has 0 radical (unpaired) electrons. The van der Waals surface area contributed by atoms with Crippen LogP contribution in [0.15, 0.2) is 29.3 Å². The van der Waals surface area contributed by atoms with E-state index in [0.717, 1.165) is 0 Å². The first-order valence-corrected chi connectivity index (χ1v) is 6.12. The number of guanidine groups is 1. The fraction of sp³-hybridized carbons (Fsp3) is 0.462. The van der Waals surface area contributed by atoms with Crippen LogP contribution in [0.5, 0.6) is 5.75 Å². The molecule has 3 N–H and O–H groups in total. The van der Waals surface area contributed by atoms with Crippen LogP contribution in [0.1, 0.15) is 19.4 Å². The maximum atomic E-state index is 12.1. The highest BCUT2D eigenvalue weighted by molar-refractivity contribution is 14.0. The van der Waals surface area contributed by atoms with Crippen molar-refractivity contribution in [2.24, 2.45) is 10.7 Å². The Balaban J connectivity index is 0.00000400. The van der Waals surface area contributed by atoms with Gasteiger partial charge in [-0.25, -0.2) is 4.99 Å². The van der Waals surface area contributed by atoms with Gasteiger partial charge in [0.2, 0.25) is 0 Å². The van der Waals surface area contributed by atoms with E-state index in [2.05, 4.69) is 10.3 Å². The van der Waals surface area contributed by atoms with E-state index in [9.17, 15) is 13.2 Å². The van der Waals surface area contributed by atoms with Gasteiger partial charge in [-0.05, 0) is 19.9 Å². The van der Waals surface area contributed by atoms with Crippen LogP contribution >= 0.6 is 24.0 Å². The second kappa shape index (κ2) is 8.96. The highest BCUT2D eigenvalue weighted by Gasteiger charge is 2.28. The molecule has 1 aromatic carbocycles. The average molecular weight is 417 g/mol. The molecule has 0 unspecified atom stereocenters. The first-order chi connectivity index (χ1) is 9.28. The summed E-state index contributed by atoms with van der Waals surface area (Å²) in [6.07, 6.45) is -4.37. The molecule has 1 aromatic rings. The van der Waals surface area contributed by atoms with Crippen molar-refractivity contribution in [3.63, 3.8) is 0 Å². The lowest BCUT2D eigenvalue weighted by Gasteiger charge is -2.13. The van der Waals surface area contributed by atoms with Crippen molar-refractivity contribution >= 4 is 29.9 Å². The minimum Gasteiger partial charge on any atom is -0.484 e. The highest BCUT2D eigenvalue weighted by atomic mass is 127. The molecule has 0 bridgehead atoms. The number of hydrogen-bond donors (Lipinski definition) is 2. The third-order valence-corrected chi connectivity index (χ3v) is 2.22. The Morgan fingerprint density at radius 3 is 2.52 bits per heavy atom. The molecular weight excluding hydrogens is 398 g/mol. The third kappa shape index (κ3) is 8.64. The number of para-hydroxylation sites is 1.